The zero-order valence-corrected chi connectivity index (χ0v) is 15.4. The minimum Gasteiger partial charge on any atom is -0.434 e. The third-order valence-electron chi connectivity index (χ3n) is 4.27. The topological polar surface area (TPSA) is 94.5 Å². The third kappa shape index (κ3) is 3.56. The summed E-state index contributed by atoms with van der Waals surface area (Å²) in [6.45, 7) is 0.0644. The first-order chi connectivity index (χ1) is 12.9. The number of nitrogens with zero attached hydrogens (tertiary/aromatic N) is 3. The second-order valence-electron chi connectivity index (χ2n) is 5.83. The molecule has 0 bridgehead atoms. The number of benzene rings is 1. The molecule has 2 saturated heterocycles. The molecule has 2 atom stereocenters. The lowest BCUT2D eigenvalue weighted by Gasteiger charge is -2.34. The van der Waals surface area contributed by atoms with E-state index in [2.05, 4.69) is 10.3 Å². The third-order valence-corrected chi connectivity index (χ3v) is 5.35. The van der Waals surface area contributed by atoms with Crippen molar-refractivity contribution in [1.29, 1.82) is 0 Å². The Bertz CT molecular complexity index is 784. The van der Waals surface area contributed by atoms with Crippen molar-refractivity contribution in [2.24, 2.45) is 4.99 Å². The molecule has 2 fully saturated rings. The Morgan fingerprint density at radius 2 is 2.07 bits per heavy atom. The summed E-state index contributed by atoms with van der Waals surface area (Å²) in [4.78, 5) is 29.7. The van der Waals surface area contributed by atoms with Crippen LogP contribution in [0.4, 0.5) is 25.0 Å². The first kappa shape index (κ1) is 19.4. The molecule has 2 amide bonds. The molecule has 1 unspecified atom stereocenters. The number of ether oxygens (including phenoxy) is 1. The molecule has 3 rings (SSSR count). The van der Waals surface area contributed by atoms with E-state index in [-0.39, 0.29) is 18.8 Å². The van der Waals surface area contributed by atoms with Crippen molar-refractivity contribution in [2.45, 2.75) is 12.3 Å². The van der Waals surface area contributed by atoms with Gasteiger partial charge in [0, 0.05) is 38.5 Å². The smallest absolute Gasteiger partial charge is 0.415 e. The largest absolute Gasteiger partial charge is 0.434 e. The van der Waals surface area contributed by atoms with Gasteiger partial charge in [0.1, 0.15) is 10.7 Å². The zero-order valence-electron chi connectivity index (χ0n) is 14.6. The van der Waals surface area contributed by atoms with Gasteiger partial charge < -0.3 is 20.1 Å². The van der Waals surface area contributed by atoms with E-state index >= 15 is 0 Å². The van der Waals surface area contributed by atoms with Gasteiger partial charge in [0.05, 0.1) is 12.2 Å². The van der Waals surface area contributed by atoms with E-state index in [9.17, 15) is 23.5 Å². The summed E-state index contributed by atoms with van der Waals surface area (Å²) in [6, 6.07) is 1.95. The molecule has 0 aliphatic carbocycles. The van der Waals surface area contributed by atoms with Gasteiger partial charge in [-0.1, -0.05) is 0 Å². The van der Waals surface area contributed by atoms with Gasteiger partial charge in [0.15, 0.2) is 24.0 Å². The highest BCUT2D eigenvalue weighted by atomic mass is 32.2. The standard InChI is InChI=1S/C16H18F2N4O4S/c1-19-13(23)11-7-22(16(25)26-11)8-5-9(17)12(10(18)6-8)21-3-4-27-14(20-2)15(21)24/h5-6,11,15,24H,3-4,7H2,1-2H3,(H,19,23)/t11-,15?/m1/s1. The minimum atomic E-state index is -1.25. The number of aliphatic imine (C=N–C) groups is 1. The molecule has 1 aromatic carbocycles. The molecule has 0 spiro atoms. The van der Waals surface area contributed by atoms with E-state index in [4.69, 9.17) is 4.74 Å². The molecular weight excluding hydrogens is 382 g/mol. The number of carbonyl (C=O) groups is 2. The molecule has 11 heteroatoms. The summed E-state index contributed by atoms with van der Waals surface area (Å²) < 4.78 is 34.3. The highest BCUT2D eigenvalue weighted by Gasteiger charge is 2.38. The Labute approximate surface area is 158 Å². The Kier molecular flexibility index (Phi) is 5.51. The molecule has 2 aliphatic heterocycles. The van der Waals surface area contributed by atoms with Crippen molar-refractivity contribution in [3.05, 3.63) is 23.8 Å². The number of halogens is 2. The molecule has 0 aromatic heterocycles. The number of cyclic esters (lactones) is 1. The number of thioether (sulfide) groups is 1. The van der Waals surface area contributed by atoms with E-state index in [0.29, 0.717) is 10.8 Å². The monoisotopic (exact) mass is 400 g/mol. The van der Waals surface area contributed by atoms with Crippen molar-refractivity contribution in [1.82, 2.24) is 5.32 Å². The molecular formula is C16H18F2N4O4S. The van der Waals surface area contributed by atoms with Gasteiger partial charge >= 0.3 is 6.09 Å². The fourth-order valence-electron chi connectivity index (χ4n) is 2.95. The lowest BCUT2D eigenvalue weighted by Crippen LogP contribution is -2.46. The van der Waals surface area contributed by atoms with Crippen LogP contribution in [0.1, 0.15) is 0 Å². The van der Waals surface area contributed by atoms with Crippen molar-refractivity contribution in [3.8, 4) is 0 Å². The maximum Gasteiger partial charge on any atom is 0.415 e. The fraction of sp³-hybridized carbons (Fsp3) is 0.438. The Hall–Kier alpha value is -2.40. The lowest BCUT2D eigenvalue weighted by molar-refractivity contribution is -0.127. The molecule has 2 N–H and O–H groups in total. The maximum atomic E-state index is 14.7. The Morgan fingerprint density at radius 3 is 2.67 bits per heavy atom. The molecule has 0 radical (unpaired) electrons. The van der Waals surface area contributed by atoms with E-state index in [1.807, 2.05) is 0 Å². The highest BCUT2D eigenvalue weighted by Crippen LogP contribution is 2.34. The average Bonchev–Trinajstić information content (AvgIpc) is 3.03. The zero-order chi connectivity index (χ0) is 19.7. The number of amides is 2. The van der Waals surface area contributed by atoms with Crippen molar-refractivity contribution in [3.63, 3.8) is 0 Å². The highest BCUT2D eigenvalue weighted by molar-refractivity contribution is 8.14. The maximum absolute atomic E-state index is 14.7. The van der Waals surface area contributed by atoms with Gasteiger partial charge in [-0.2, -0.15) is 0 Å². The van der Waals surface area contributed by atoms with Gasteiger partial charge in [0.2, 0.25) is 0 Å². The van der Waals surface area contributed by atoms with E-state index < -0.39 is 41.7 Å². The molecule has 146 valence electrons. The number of likely N-dealkylation sites (N-methyl/N-ethyl adjacent to an activating group) is 1. The number of rotatable bonds is 3. The van der Waals surface area contributed by atoms with Crippen LogP contribution in [0.15, 0.2) is 17.1 Å². The normalized spacial score (nSPS) is 24.3. The molecule has 2 aliphatic rings. The SMILES string of the molecule is CN=C1SCCN(c2c(F)cc(N3C[C@H](C(=O)NC)OC3=O)cc2F)C1O. The average molecular weight is 400 g/mol. The summed E-state index contributed by atoms with van der Waals surface area (Å²) in [5.74, 6) is -1.88. The number of anilines is 2. The van der Waals surface area contributed by atoms with Crippen LogP contribution in [0.5, 0.6) is 0 Å². The van der Waals surface area contributed by atoms with Crippen LogP contribution in [-0.4, -0.2) is 67.4 Å². The Morgan fingerprint density at radius 1 is 1.41 bits per heavy atom. The van der Waals surface area contributed by atoms with Crippen molar-refractivity contribution >= 4 is 40.2 Å². The second-order valence-corrected chi connectivity index (χ2v) is 6.95. The summed E-state index contributed by atoms with van der Waals surface area (Å²) in [5.41, 5.74) is -0.474. The summed E-state index contributed by atoms with van der Waals surface area (Å²) in [6.07, 6.45) is -3.18. The number of hydrogen-bond acceptors (Lipinski definition) is 7. The quantitative estimate of drug-likeness (QED) is 0.784. The number of nitrogens with one attached hydrogen (secondary N) is 1. The van der Waals surface area contributed by atoms with Gasteiger partial charge in [-0.25, -0.2) is 13.6 Å². The molecule has 0 saturated carbocycles. The van der Waals surface area contributed by atoms with Crippen LogP contribution >= 0.6 is 11.8 Å². The number of aliphatic hydroxyl groups is 1. The minimum absolute atomic E-state index is 0.0737. The molecule has 2 heterocycles. The molecule has 1 aromatic rings. The van der Waals surface area contributed by atoms with Crippen LogP contribution in [0, 0.1) is 11.6 Å². The lowest BCUT2D eigenvalue weighted by atomic mass is 10.2. The summed E-state index contributed by atoms with van der Waals surface area (Å²) >= 11 is 1.32. The predicted molar refractivity (Wildman–Crippen MR) is 97.2 cm³/mol. The van der Waals surface area contributed by atoms with Crippen molar-refractivity contribution in [2.75, 3.05) is 42.7 Å². The first-order valence-electron chi connectivity index (χ1n) is 8.10. The number of carbonyl (C=O) groups excluding carboxylic acids is 2. The van der Waals surface area contributed by atoms with Crippen LogP contribution < -0.4 is 15.1 Å². The van der Waals surface area contributed by atoms with Crippen LogP contribution in [-0.2, 0) is 9.53 Å². The summed E-state index contributed by atoms with van der Waals surface area (Å²) in [7, 11) is 2.88. The van der Waals surface area contributed by atoms with Gasteiger partial charge in [-0.05, 0) is 0 Å². The van der Waals surface area contributed by atoms with E-state index in [1.165, 1.54) is 30.8 Å². The van der Waals surface area contributed by atoms with Gasteiger partial charge in [-0.15, -0.1) is 11.8 Å². The second kappa shape index (κ2) is 7.69. The fourth-order valence-corrected chi connectivity index (χ4v) is 3.85. The van der Waals surface area contributed by atoms with E-state index in [1.54, 1.807) is 0 Å². The van der Waals surface area contributed by atoms with Crippen molar-refractivity contribution < 1.29 is 28.2 Å². The van der Waals surface area contributed by atoms with Crippen LogP contribution in [0.2, 0.25) is 0 Å². The Balaban J connectivity index is 1.90. The van der Waals surface area contributed by atoms with Crippen LogP contribution in [0.25, 0.3) is 0 Å². The van der Waals surface area contributed by atoms with Gasteiger partial charge in [-0.3, -0.25) is 14.7 Å². The predicted octanol–water partition coefficient (Wildman–Crippen LogP) is 0.936. The molecule has 8 nitrogen and oxygen atoms in total. The van der Waals surface area contributed by atoms with E-state index in [0.717, 1.165) is 17.0 Å². The number of aliphatic hydroxyl groups excluding tert-OH is 1. The van der Waals surface area contributed by atoms with Gasteiger partial charge in [0.25, 0.3) is 5.91 Å². The first-order valence-corrected chi connectivity index (χ1v) is 9.09. The number of hydrogen-bond donors (Lipinski definition) is 2. The summed E-state index contributed by atoms with van der Waals surface area (Å²) in [5, 5.41) is 13.0. The molecule has 27 heavy (non-hydrogen) atoms. The van der Waals surface area contributed by atoms with Crippen LogP contribution in [0.3, 0.4) is 0 Å².